The quantitative estimate of drug-likeness (QED) is 0.797. The van der Waals surface area contributed by atoms with Gasteiger partial charge in [-0.2, -0.15) is 0 Å². The van der Waals surface area contributed by atoms with Gasteiger partial charge in [-0.15, -0.1) is 0 Å². The number of benzene rings is 2. The summed E-state index contributed by atoms with van der Waals surface area (Å²) in [4.78, 5) is 12.4. The first kappa shape index (κ1) is 15.2. The maximum absolute atomic E-state index is 12.4. The highest BCUT2D eigenvalue weighted by Crippen LogP contribution is 2.55. The lowest BCUT2D eigenvalue weighted by atomic mass is 9.72. The zero-order valence-corrected chi connectivity index (χ0v) is 14.2. The van der Waals surface area contributed by atoms with E-state index in [1.165, 1.54) is 11.1 Å². The van der Waals surface area contributed by atoms with Crippen molar-refractivity contribution >= 4 is 5.78 Å². The van der Waals surface area contributed by atoms with E-state index >= 15 is 0 Å². The Morgan fingerprint density at radius 2 is 1.79 bits per heavy atom. The van der Waals surface area contributed by atoms with Gasteiger partial charge in [-0.05, 0) is 38.7 Å². The highest BCUT2D eigenvalue weighted by atomic mass is 16.5. The topological polar surface area (TPSA) is 26.3 Å². The first-order chi connectivity index (χ1) is 11.6. The lowest BCUT2D eigenvalue weighted by Crippen LogP contribution is -2.36. The monoisotopic (exact) mass is 318 g/mol. The van der Waals surface area contributed by atoms with Crippen LogP contribution < -0.4 is 0 Å². The average Bonchev–Trinajstić information content (AvgIpc) is 2.80. The largest absolute Gasteiger partial charge is 0.481 e. The highest BCUT2D eigenvalue weighted by Gasteiger charge is 2.53. The molecule has 0 saturated carbocycles. The van der Waals surface area contributed by atoms with Crippen LogP contribution in [0.1, 0.15) is 43.4 Å². The van der Waals surface area contributed by atoms with Crippen molar-refractivity contribution in [3.8, 4) is 0 Å². The van der Waals surface area contributed by atoms with Crippen LogP contribution in [0.25, 0.3) is 0 Å². The molecule has 0 N–H and O–H groups in total. The maximum atomic E-state index is 12.4. The fourth-order valence-corrected chi connectivity index (χ4v) is 4.60. The molecule has 0 radical (unpaired) electrons. The summed E-state index contributed by atoms with van der Waals surface area (Å²) >= 11 is 0. The Hall–Kier alpha value is -2.35. The van der Waals surface area contributed by atoms with Gasteiger partial charge in [0.1, 0.15) is 5.76 Å². The number of aryl methyl sites for hydroxylation is 1. The average molecular weight is 318 g/mol. The van der Waals surface area contributed by atoms with Crippen molar-refractivity contribution in [2.45, 2.75) is 38.7 Å². The number of rotatable bonds is 2. The molecule has 2 aromatic rings. The minimum Gasteiger partial charge on any atom is -0.481 e. The Morgan fingerprint density at radius 1 is 1.08 bits per heavy atom. The molecule has 2 aromatic carbocycles. The minimum absolute atomic E-state index is 0.0843. The first-order valence-corrected chi connectivity index (χ1v) is 8.69. The highest BCUT2D eigenvalue weighted by molar-refractivity contribution is 5.95. The number of ketones is 1. The second kappa shape index (κ2) is 5.62. The predicted octanol–water partition coefficient (Wildman–Crippen LogP) is 4.78. The van der Waals surface area contributed by atoms with Crippen molar-refractivity contribution in [2.24, 2.45) is 5.92 Å². The van der Waals surface area contributed by atoms with Crippen LogP contribution in [-0.2, 0) is 21.6 Å². The lowest BCUT2D eigenvalue weighted by Gasteiger charge is -2.36. The number of Topliss-reactive ketones (excluding diaryl/α,β-unsaturated/α-hetero) is 1. The van der Waals surface area contributed by atoms with Crippen LogP contribution in [0.15, 0.2) is 65.9 Å². The number of allylic oxidation sites excluding steroid dienone is 1. The van der Waals surface area contributed by atoms with Gasteiger partial charge in [0.15, 0.2) is 11.4 Å². The number of fused-ring (bicyclic) bond motifs is 3. The Morgan fingerprint density at radius 3 is 2.54 bits per heavy atom. The lowest BCUT2D eigenvalue weighted by molar-refractivity contribution is -0.114. The summed E-state index contributed by atoms with van der Waals surface area (Å²) in [6.45, 7) is 3.61. The third-order valence-electron chi connectivity index (χ3n) is 5.47. The van der Waals surface area contributed by atoms with Crippen LogP contribution in [0, 0.1) is 5.92 Å². The molecule has 0 bridgehead atoms. The molecule has 4 rings (SSSR count). The van der Waals surface area contributed by atoms with E-state index in [0.717, 1.165) is 36.2 Å². The number of carbonyl (C=O) groups is 1. The standard InChI is InChI=1S/C22H22O2/c1-15(23)21-16(2)24-22(18-11-4-3-5-12-18)19-13-7-6-9-17(19)10-8-14-20(21)22/h3-7,9,11-13,20H,8,10,14H2,1-2H3. The molecule has 2 aliphatic rings. The van der Waals surface area contributed by atoms with Gasteiger partial charge >= 0.3 is 0 Å². The maximum Gasteiger partial charge on any atom is 0.166 e. The summed E-state index contributed by atoms with van der Waals surface area (Å²) in [6, 6.07) is 19.0. The summed E-state index contributed by atoms with van der Waals surface area (Å²) in [5, 5.41) is 0. The molecular weight excluding hydrogens is 296 g/mol. The number of ether oxygens (including phenoxy) is 1. The Kier molecular flexibility index (Phi) is 3.56. The van der Waals surface area contributed by atoms with Crippen molar-refractivity contribution in [3.05, 3.63) is 82.6 Å². The number of hydrogen-bond donors (Lipinski definition) is 0. The molecular formula is C22H22O2. The first-order valence-electron chi connectivity index (χ1n) is 8.69. The Labute approximate surface area is 143 Å². The van der Waals surface area contributed by atoms with Crippen LogP contribution in [-0.4, -0.2) is 5.78 Å². The third kappa shape index (κ3) is 2.06. The fraction of sp³-hybridized carbons (Fsp3) is 0.318. The SMILES string of the molecule is CC(=O)C1=C(C)OC2(c3ccccc3)c3ccccc3CCCC12. The smallest absolute Gasteiger partial charge is 0.166 e. The van der Waals surface area contributed by atoms with E-state index in [9.17, 15) is 4.79 Å². The van der Waals surface area contributed by atoms with Gasteiger partial charge in [-0.3, -0.25) is 4.79 Å². The second-order valence-electron chi connectivity index (χ2n) is 6.83. The van der Waals surface area contributed by atoms with E-state index < -0.39 is 5.60 Å². The predicted molar refractivity (Wildman–Crippen MR) is 94.6 cm³/mol. The van der Waals surface area contributed by atoms with Crippen LogP contribution in [0.2, 0.25) is 0 Å². The normalized spacial score (nSPS) is 25.5. The molecule has 0 aromatic heterocycles. The fourth-order valence-electron chi connectivity index (χ4n) is 4.60. The molecule has 2 nitrogen and oxygen atoms in total. The molecule has 2 unspecified atom stereocenters. The van der Waals surface area contributed by atoms with Crippen molar-refractivity contribution in [1.29, 1.82) is 0 Å². The van der Waals surface area contributed by atoms with Crippen LogP contribution in [0.4, 0.5) is 0 Å². The zero-order valence-electron chi connectivity index (χ0n) is 14.2. The van der Waals surface area contributed by atoms with Gasteiger partial charge in [-0.1, -0.05) is 54.6 Å². The van der Waals surface area contributed by atoms with E-state index in [2.05, 4.69) is 48.5 Å². The summed E-state index contributed by atoms with van der Waals surface area (Å²) < 4.78 is 6.58. The minimum atomic E-state index is -0.570. The number of hydrogen-bond acceptors (Lipinski definition) is 2. The molecule has 1 heterocycles. The molecule has 0 spiro atoms. The van der Waals surface area contributed by atoms with Crippen molar-refractivity contribution in [1.82, 2.24) is 0 Å². The summed E-state index contributed by atoms with van der Waals surface area (Å²) in [7, 11) is 0. The molecule has 1 aliphatic heterocycles. The van der Waals surface area contributed by atoms with Gasteiger partial charge in [0.05, 0.1) is 0 Å². The molecule has 122 valence electrons. The van der Waals surface area contributed by atoms with Crippen molar-refractivity contribution in [2.75, 3.05) is 0 Å². The van der Waals surface area contributed by atoms with E-state index in [1.807, 2.05) is 13.0 Å². The zero-order chi connectivity index (χ0) is 16.7. The van der Waals surface area contributed by atoms with Gasteiger partial charge in [0.25, 0.3) is 0 Å². The van der Waals surface area contributed by atoms with Crippen molar-refractivity contribution < 1.29 is 9.53 Å². The Balaban J connectivity index is 2.01. The van der Waals surface area contributed by atoms with E-state index in [1.54, 1.807) is 6.92 Å². The molecule has 24 heavy (non-hydrogen) atoms. The summed E-state index contributed by atoms with van der Waals surface area (Å²) in [5.41, 5.74) is 3.99. The van der Waals surface area contributed by atoms with E-state index in [-0.39, 0.29) is 11.7 Å². The number of carbonyl (C=O) groups excluding carboxylic acids is 1. The molecule has 2 heteroatoms. The van der Waals surface area contributed by atoms with E-state index in [4.69, 9.17) is 4.74 Å². The molecule has 0 saturated heterocycles. The van der Waals surface area contributed by atoms with Crippen LogP contribution in [0.3, 0.4) is 0 Å². The van der Waals surface area contributed by atoms with Gasteiger partial charge in [0.2, 0.25) is 0 Å². The van der Waals surface area contributed by atoms with Gasteiger partial charge in [-0.25, -0.2) is 0 Å². The molecule has 1 aliphatic carbocycles. The summed E-state index contributed by atoms with van der Waals surface area (Å²) in [6.07, 6.45) is 3.08. The summed E-state index contributed by atoms with van der Waals surface area (Å²) in [5.74, 6) is 1.00. The van der Waals surface area contributed by atoms with Crippen LogP contribution in [0.5, 0.6) is 0 Å². The molecule has 0 fully saturated rings. The van der Waals surface area contributed by atoms with E-state index in [0.29, 0.717) is 0 Å². The molecule has 0 amide bonds. The van der Waals surface area contributed by atoms with Gasteiger partial charge in [0, 0.05) is 22.6 Å². The Bertz CT molecular complexity index is 819. The third-order valence-corrected chi connectivity index (χ3v) is 5.47. The van der Waals surface area contributed by atoms with Crippen LogP contribution >= 0.6 is 0 Å². The molecule has 2 atom stereocenters. The van der Waals surface area contributed by atoms with Gasteiger partial charge < -0.3 is 4.74 Å². The second-order valence-corrected chi connectivity index (χ2v) is 6.83. The van der Waals surface area contributed by atoms with Crippen molar-refractivity contribution in [3.63, 3.8) is 0 Å².